The molecule has 0 spiro atoms. The van der Waals surface area contributed by atoms with E-state index in [1.54, 1.807) is 0 Å². The molecule has 1 aliphatic rings. The molecular weight excluding hydrogens is 192 g/mol. The molecule has 1 fully saturated rings. The Morgan fingerprint density at radius 1 is 1.67 bits per heavy atom. The van der Waals surface area contributed by atoms with Gasteiger partial charge >= 0.3 is 0 Å². The molecule has 1 aromatic heterocycles. The Morgan fingerprint density at radius 3 is 3.13 bits per heavy atom. The number of aromatic nitrogens is 1. The number of nitrogens with zero attached hydrogens (tertiary/aromatic N) is 1. The van der Waals surface area contributed by atoms with Gasteiger partial charge in [-0.05, 0) is 19.3 Å². The molecule has 0 bridgehead atoms. The van der Waals surface area contributed by atoms with Gasteiger partial charge in [-0.15, -0.1) is 0 Å². The van der Waals surface area contributed by atoms with E-state index in [2.05, 4.69) is 10.5 Å². The van der Waals surface area contributed by atoms with E-state index in [0.717, 1.165) is 17.9 Å². The van der Waals surface area contributed by atoms with Crippen LogP contribution < -0.4 is 5.32 Å². The van der Waals surface area contributed by atoms with Gasteiger partial charge in [-0.25, -0.2) is 0 Å². The minimum Gasteiger partial charge on any atom is -0.361 e. The maximum absolute atomic E-state index is 11.2. The van der Waals surface area contributed by atoms with Crippen LogP contribution in [-0.2, 0) is 11.3 Å². The molecule has 0 aliphatic heterocycles. The highest BCUT2D eigenvalue weighted by Gasteiger charge is 2.27. The van der Waals surface area contributed by atoms with E-state index in [9.17, 15) is 4.79 Å². The standard InChI is InChI=1S/C11H16N2O2/c1-2-3-11(14)12-7-9-6-10(15-13-9)8-4-5-8/h6,8H,2-5,7H2,1H3,(H,12,14). The molecule has 1 aliphatic carbocycles. The Balaban J connectivity index is 1.80. The number of carbonyl (C=O) groups is 1. The molecule has 1 saturated carbocycles. The minimum absolute atomic E-state index is 0.0773. The lowest BCUT2D eigenvalue weighted by Gasteiger charge is -1.99. The quantitative estimate of drug-likeness (QED) is 0.804. The Morgan fingerprint density at radius 2 is 2.47 bits per heavy atom. The zero-order valence-corrected chi connectivity index (χ0v) is 8.95. The molecule has 2 rings (SSSR count). The summed E-state index contributed by atoms with van der Waals surface area (Å²) in [5.41, 5.74) is 0.821. The summed E-state index contributed by atoms with van der Waals surface area (Å²) in [5, 5.41) is 6.73. The third-order valence-corrected chi connectivity index (χ3v) is 2.50. The molecule has 0 unspecified atom stereocenters. The first-order chi connectivity index (χ1) is 7.29. The van der Waals surface area contributed by atoms with Crippen LogP contribution in [-0.4, -0.2) is 11.1 Å². The Hall–Kier alpha value is -1.32. The molecule has 0 radical (unpaired) electrons. The Labute approximate surface area is 89.0 Å². The van der Waals surface area contributed by atoms with Crippen molar-refractivity contribution in [1.82, 2.24) is 10.5 Å². The summed E-state index contributed by atoms with van der Waals surface area (Å²) in [6.07, 6.45) is 3.86. The fraction of sp³-hybridized carbons (Fsp3) is 0.636. The normalized spacial score (nSPS) is 15.3. The SMILES string of the molecule is CCCC(=O)NCc1cc(C2CC2)on1. The van der Waals surface area contributed by atoms with Crippen LogP contribution >= 0.6 is 0 Å². The number of hydrogen-bond donors (Lipinski definition) is 1. The number of amides is 1. The highest BCUT2D eigenvalue weighted by atomic mass is 16.5. The van der Waals surface area contributed by atoms with E-state index < -0.39 is 0 Å². The zero-order chi connectivity index (χ0) is 10.7. The second kappa shape index (κ2) is 4.47. The Bertz CT molecular complexity index is 342. The first-order valence-electron chi connectivity index (χ1n) is 5.51. The maximum atomic E-state index is 11.2. The van der Waals surface area contributed by atoms with Gasteiger partial charge in [0.1, 0.15) is 11.5 Å². The van der Waals surface area contributed by atoms with Gasteiger partial charge in [0.05, 0.1) is 6.54 Å². The molecule has 1 aromatic rings. The molecular formula is C11H16N2O2. The fourth-order valence-electron chi connectivity index (χ4n) is 1.48. The Kier molecular flexibility index (Phi) is 3.04. The summed E-state index contributed by atoms with van der Waals surface area (Å²) < 4.78 is 5.18. The number of rotatable bonds is 5. The van der Waals surface area contributed by atoms with Crippen molar-refractivity contribution >= 4 is 5.91 Å². The van der Waals surface area contributed by atoms with Crippen molar-refractivity contribution in [3.05, 3.63) is 17.5 Å². The molecule has 1 heterocycles. The van der Waals surface area contributed by atoms with Crippen molar-refractivity contribution in [3.8, 4) is 0 Å². The van der Waals surface area contributed by atoms with E-state index in [0.29, 0.717) is 18.9 Å². The van der Waals surface area contributed by atoms with Gasteiger partial charge in [0.15, 0.2) is 0 Å². The molecule has 4 nitrogen and oxygen atoms in total. The lowest BCUT2D eigenvalue weighted by molar-refractivity contribution is -0.121. The van der Waals surface area contributed by atoms with E-state index in [1.807, 2.05) is 13.0 Å². The van der Waals surface area contributed by atoms with Crippen molar-refractivity contribution in [1.29, 1.82) is 0 Å². The molecule has 82 valence electrons. The van der Waals surface area contributed by atoms with Crippen LogP contribution in [0.25, 0.3) is 0 Å². The average Bonchev–Trinajstić information content (AvgIpc) is 2.96. The van der Waals surface area contributed by atoms with Gasteiger partial charge in [0.25, 0.3) is 0 Å². The van der Waals surface area contributed by atoms with E-state index in [-0.39, 0.29) is 5.91 Å². The summed E-state index contributed by atoms with van der Waals surface area (Å²) in [7, 11) is 0. The highest BCUT2D eigenvalue weighted by Crippen LogP contribution is 2.40. The molecule has 1 amide bonds. The summed E-state index contributed by atoms with van der Waals surface area (Å²) in [4.78, 5) is 11.2. The van der Waals surface area contributed by atoms with Crippen LogP contribution in [0.15, 0.2) is 10.6 Å². The van der Waals surface area contributed by atoms with E-state index >= 15 is 0 Å². The van der Waals surface area contributed by atoms with E-state index in [1.165, 1.54) is 12.8 Å². The monoisotopic (exact) mass is 208 g/mol. The van der Waals surface area contributed by atoms with Crippen molar-refractivity contribution in [2.75, 3.05) is 0 Å². The van der Waals surface area contributed by atoms with Crippen LogP contribution in [0.2, 0.25) is 0 Å². The van der Waals surface area contributed by atoms with Crippen LogP contribution in [0.3, 0.4) is 0 Å². The van der Waals surface area contributed by atoms with Crippen LogP contribution in [0.4, 0.5) is 0 Å². The highest BCUT2D eigenvalue weighted by molar-refractivity contribution is 5.75. The third-order valence-electron chi connectivity index (χ3n) is 2.50. The summed E-state index contributed by atoms with van der Waals surface area (Å²) in [6.45, 7) is 2.47. The molecule has 15 heavy (non-hydrogen) atoms. The van der Waals surface area contributed by atoms with Gasteiger partial charge < -0.3 is 9.84 Å². The van der Waals surface area contributed by atoms with Gasteiger partial charge in [0, 0.05) is 18.4 Å². The van der Waals surface area contributed by atoms with Crippen LogP contribution in [0.1, 0.15) is 50.0 Å². The smallest absolute Gasteiger partial charge is 0.220 e. The maximum Gasteiger partial charge on any atom is 0.220 e. The third kappa shape index (κ3) is 2.81. The second-order valence-corrected chi connectivity index (χ2v) is 4.02. The van der Waals surface area contributed by atoms with Crippen molar-refractivity contribution < 1.29 is 9.32 Å². The average molecular weight is 208 g/mol. The summed E-state index contributed by atoms with van der Waals surface area (Å²) >= 11 is 0. The number of carbonyl (C=O) groups excluding carboxylic acids is 1. The van der Waals surface area contributed by atoms with E-state index in [4.69, 9.17) is 4.52 Å². The van der Waals surface area contributed by atoms with Gasteiger partial charge in [0.2, 0.25) is 5.91 Å². The molecule has 1 N–H and O–H groups in total. The van der Waals surface area contributed by atoms with Crippen LogP contribution in [0, 0.1) is 0 Å². The van der Waals surface area contributed by atoms with Gasteiger partial charge in [-0.1, -0.05) is 12.1 Å². The van der Waals surface area contributed by atoms with Crippen molar-refractivity contribution in [2.45, 2.75) is 45.1 Å². The lowest BCUT2D eigenvalue weighted by atomic mass is 10.3. The first-order valence-corrected chi connectivity index (χ1v) is 5.51. The van der Waals surface area contributed by atoms with Crippen LogP contribution in [0.5, 0.6) is 0 Å². The predicted octanol–water partition coefficient (Wildman–Crippen LogP) is 1.97. The second-order valence-electron chi connectivity index (χ2n) is 4.02. The van der Waals surface area contributed by atoms with Crippen molar-refractivity contribution in [2.24, 2.45) is 0 Å². The molecule has 0 saturated heterocycles. The number of hydrogen-bond acceptors (Lipinski definition) is 3. The summed E-state index contributed by atoms with van der Waals surface area (Å²) in [5.74, 6) is 1.63. The first kappa shape index (κ1) is 10.2. The fourth-order valence-corrected chi connectivity index (χ4v) is 1.48. The largest absolute Gasteiger partial charge is 0.361 e. The summed E-state index contributed by atoms with van der Waals surface area (Å²) in [6, 6.07) is 1.95. The van der Waals surface area contributed by atoms with Gasteiger partial charge in [-0.2, -0.15) is 0 Å². The topological polar surface area (TPSA) is 55.1 Å². The van der Waals surface area contributed by atoms with Crippen molar-refractivity contribution in [3.63, 3.8) is 0 Å². The predicted molar refractivity (Wildman–Crippen MR) is 55.2 cm³/mol. The minimum atomic E-state index is 0.0773. The zero-order valence-electron chi connectivity index (χ0n) is 8.95. The molecule has 4 heteroatoms. The van der Waals surface area contributed by atoms with Gasteiger partial charge in [-0.3, -0.25) is 4.79 Å². The lowest BCUT2D eigenvalue weighted by Crippen LogP contribution is -2.22. The molecule has 0 atom stereocenters. The number of nitrogens with one attached hydrogen (secondary N) is 1. The molecule has 0 aromatic carbocycles.